The van der Waals surface area contributed by atoms with Gasteiger partial charge in [-0.1, -0.05) is 43.2 Å². The van der Waals surface area contributed by atoms with Crippen molar-refractivity contribution >= 4 is 5.97 Å². The van der Waals surface area contributed by atoms with E-state index in [1.807, 2.05) is 30.3 Å². The lowest BCUT2D eigenvalue weighted by atomic mass is 9.80. The zero-order valence-electron chi connectivity index (χ0n) is 14.4. The Hall–Kier alpha value is -1.39. The van der Waals surface area contributed by atoms with Gasteiger partial charge in [-0.2, -0.15) is 0 Å². The number of hydrogen-bond acceptors (Lipinski definition) is 4. The van der Waals surface area contributed by atoms with Gasteiger partial charge in [-0.3, -0.25) is 4.90 Å². The molecule has 4 heteroatoms. The van der Waals surface area contributed by atoms with Crippen molar-refractivity contribution in [1.82, 2.24) is 4.90 Å². The molecular formula is C20H27NO3. The molecule has 0 radical (unpaired) electrons. The van der Waals surface area contributed by atoms with E-state index in [-0.39, 0.29) is 12.0 Å². The number of hydrogen-bond donors (Lipinski definition) is 1. The SMILES string of the molecule is CN1C2CC[C@H]1[C@H](OC(=O)[C@](O)(c1ccccc1)C1CCCC1)C2. The predicted molar refractivity (Wildman–Crippen MR) is 91.4 cm³/mol. The molecule has 3 fully saturated rings. The lowest BCUT2D eigenvalue weighted by Gasteiger charge is -2.34. The van der Waals surface area contributed by atoms with Crippen LogP contribution in [0.4, 0.5) is 0 Å². The van der Waals surface area contributed by atoms with E-state index in [2.05, 4.69) is 11.9 Å². The van der Waals surface area contributed by atoms with Crippen LogP contribution in [0.3, 0.4) is 0 Å². The van der Waals surface area contributed by atoms with E-state index < -0.39 is 11.6 Å². The fourth-order valence-corrected chi connectivity index (χ4v) is 5.11. The third-order valence-corrected chi connectivity index (χ3v) is 6.56. The number of aliphatic hydroxyl groups is 1. The van der Waals surface area contributed by atoms with Crippen molar-refractivity contribution < 1.29 is 14.6 Å². The van der Waals surface area contributed by atoms with Gasteiger partial charge < -0.3 is 9.84 Å². The van der Waals surface area contributed by atoms with Gasteiger partial charge in [-0.05, 0) is 38.3 Å². The summed E-state index contributed by atoms with van der Waals surface area (Å²) in [4.78, 5) is 15.4. The predicted octanol–water partition coefficient (Wildman–Crippen LogP) is 2.84. The normalized spacial score (nSPS) is 32.8. The van der Waals surface area contributed by atoms with E-state index in [1.54, 1.807) is 0 Å². The molecule has 1 saturated carbocycles. The minimum Gasteiger partial charge on any atom is -0.458 e. The average Bonchev–Trinajstić information content (AvgIpc) is 3.32. The van der Waals surface area contributed by atoms with E-state index >= 15 is 0 Å². The van der Waals surface area contributed by atoms with Gasteiger partial charge in [0.2, 0.25) is 0 Å². The van der Waals surface area contributed by atoms with Crippen molar-refractivity contribution in [2.45, 2.75) is 68.7 Å². The third-order valence-electron chi connectivity index (χ3n) is 6.56. The molecule has 0 amide bonds. The molecular weight excluding hydrogens is 302 g/mol. The lowest BCUT2D eigenvalue weighted by molar-refractivity contribution is -0.180. The summed E-state index contributed by atoms with van der Waals surface area (Å²) in [6.45, 7) is 0. The molecule has 1 aromatic rings. The topological polar surface area (TPSA) is 49.8 Å². The highest BCUT2D eigenvalue weighted by atomic mass is 16.6. The van der Waals surface area contributed by atoms with Crippen LogP contribution in [0, 0.1) is 5.92 Å². The van der Waals surface area contributed by atoms with E-state index in [0.29, 0.717) is 17.6 Å². The van der Waals surface area contributed by atoms with Crippen molar-refractivity contribution in [3.8, 4) is 0 Å². The Morgan fingerprint density at radius 1 is 1.17 bits per heavy atom. The largest absolute Gasteiger partial charge is 0.458 e. The number of rotatable bonds is 4. The third kappa shape index (κ3) is 2.47. The number of likely N-dealkylation sites (N-methyl/N-ethyl adjacent to an activating group) is 1. The zero-order valence-corrected chi connectivity index (χ0v) is 14.4. The van der Waals surface area contributed by atoms with Crippen LogP contribution < -0.4 is 0 Å². The standard InChI is InChI=1S/C20H27NO3/c1-21-16-11-12-17(21)18(13-16)24-19(22)20(23,15-9-5-6-10-15)14-7-3-2-4-8-14/h2-4,7-8,15-18,23H,5-6,9-13H2,1H3/t16?,17-,18+,20-/m0/s1. The number of carbonyl (C=O) groups is 1. The Bertz CT molecular complexity index is 598. The highest BCUT2D eigenvalue weighted by Gasteiger charge is 2.52. The van der Waals surface area contributed by atoms with Gasteiger partial charge >= 0.3 is 5.97 Å². The molecule has 1 unspecified atom stereocenters. The summed E-state index contributed by atoms with van der Waals surface area (Å²) in [5.74, 6) is -0.477. The molecule has 4 atom stereocenters. The van der Waals surface area contributed by atoms with Gasteiger partial charge in [0, 0.05) is 24.4 Å². The summed E-state index contributed by atoms with van der Waals surface area (Å²) in [5.41, 5.74) is -0.823. The Morgan fingerprint density at radius 3 is 2.46 bits per heavy atom. The van der Waals surface area contributed by atoms with E-state index in [0.717, 1.165) is 38.5 Å². The highest BCUT2D eigenvalue weighted by molar-refractivity contribution is 5.82. The fraction of sp³-hybridized carbons (Fsp3) is 0.650. The molecule has 0 aromatic heterocycles. The second-order valence-electron chi connectivity index (χ2n) is 7.76. The first kappa shape index (κ1) is 16.1. The molecule has 4 nitrogen and oxygen atoms in total. The van der Waals surface area contributed by atoms with E-state index in [4.69, 9.17) is 4.74 Å². The lowest BCUT2D eigenvalue weighted by Crippen LogP contribution is -2.46. The Kier molecular flexibility index (Phi) is 4.13. The Morgan fingerprint density at radius 2 is 1.88 bits per heavy atom. The number of ether oxygens (including phenoxy) is 1. The van der Waals surface area contributed by atoms with Crippen molar-refractivity contribution in [3.05, 3.63) is 35.9 Å². The monoisotopic (exact) mass is 329 g/mol. The molecule has 0 spiro atoms. The fourth-order valence-electron chi connectivity index (χ4n) is 5.11. The second kappa shape index (κ2) is 6.16. The summed E-state index contributed by atoms with van der Waals surface area (Å²) in [7, 11) is 2.12. The molecule has 2 aliphatic heterocycles. The van der Waals surface area contributed by atoms with Gasteiger partial charge in [0.15, 0.2) is 5.60 Å². The first-order valence-corrected chi connectivity index (χ1v) is 9.31. The molecule has 130 valence electrons. The maximum Gasteiger partial charge on any atom is 0.343 e. The number of nitrogens with zero attached hydrogens (tertiary/aromatic N) is 1. The first-order valence-electron chi connectivity index (χ1n) is 9.31. The number of fused-ring (bicyclic) bond motifs is 2. The Balaban J connectivity index is 1.58. The summed E-state index contributed by atoms with van der Waals surface area (Å²) in [5, 5.41) is 11.5. The minimum absolute atomic E-state index is 0.0382. The van der Waals surface area contributed by atoms with E-state index in [1.165, 1.54) is 6.42 Å². The zero-order chi connectivity index (χ0) is 16.7. The van der Waals surface area contributed by atoms with Crippen LogP contribution in [0.25, 0.3) is 0 Å². The quantitative estimate of drug-likeness (QED) is 0.863. The van der Waals surface area contributed by atoms with Gasteiger partial charge in [0.05, 0.1) is 0 Å². The van der Waals surface area contributed by atoms with Crippen LogP contribution in [0.5, 0.6) is 0 Å². The van der Waals surface area contributed by atoms with Crippen molar-refractivity contribution in [1.29, 1.82) is 0 Å². The van der Waals surface area contributed by atoms with Crippen LogP contribution in [0.1, 0.15) is 50.5 Å². The van der Waals surface area contributed by atoms with E-state index in [9.17, 15) is 9.90 Å². The smallest absolute Gasteiger partial charge is 0.343 e. The second-order valence-corrected chi connectivity index (χ2v) is 7.76. The van der Waals surface area contributed by atoms with Crippen LogP contribution >= 0.6 is 0 Å². The van der Waals surface area contributed by atoms with Crippen molar-refractivity contribution in [3.63, 3.8) is 0 Å². The molecule has 4 rings (SSSR count). The molecule has 2 bridgehead atoms. The highest BCUT2D eigenvalue weighted by Crippen LogP contribution is 2.43. The first-order chi connectivity index (χ1) is 11.6. The summed E-state index contributed by atoms with van der Waals surface area (Å²) in [6.07, 6.45) is 7.04. The molecule has 2 heterocycles. The molecule has 1 aliphatic carbocycles. The average molecular weight is 329 g/mol. The van der Waals surface area contributed by atoms with Crippen molar-refractivity contribution in [2.75, 3.05) is 7.05 Å². The summed E-state index contributed by atoms with van der Waals surface area (Å²) in [6, 6.07) is 10.2. The summed E-state index contributed by atoms with van der Waals surface area (Å²) >= 11 is 0. The van der Waals surface area contributed by atoms with Crippen LogP contribution in [-0.4, -0.2) is 41.2 Å². The van der Waals surface area contributed by atoms with Gasteiger partial charge in [0.1, 0.15) is 6.10 Å². The van der Waals surface area contributed by atoms with Crippen LogP contribution in [-0.2, 0) is 15.1 Å². The molecule has 24 heavy (non-hydrogen) atoms. The minimum atomic E-state index is -1.50. The van der Waals surface area contributed by atoms with Gasteiger partial charge in [-0.15, -0.1) is 0 Å². The molecule has 3 aliphatic rings. The van der Waals surface area contributed by atoms with Crippen LogP contribution in [0.2, 0.25) is 0 Å². The number of carbonyl (C=O) groups excluding carboxylic acids is 1. The van der Waals surface area contributed by atoms with Gasteiger partial charge in [0.25, 0.3) is 0 Å². The summed E-state index contributed by atoms with van der Waals surface area (Å²) < 4.78 is 5.92. The van der Waals surface area contributed by atoms with Crippen molar-refractivity contribution in [2.24, 2.45) is 5.92 Å². The van der Waals surface area contributed by atoms with Crippen LogP contribution in [0.15, 0.2) is 30.3 Å². The molecule has 1 N–H and O–H groups in total. The molecule has 1 aromatic carbocycles. The number of esters is 1. The molecule has 2 saturated heterocycles. The van der Waals surface area contributed by atoms with Gasteiger partial charge in [-0.25, -0.2) is 4.79 Å². The Labute approximate surface area is 143 Å². The number of benzene rings is 1. The maximum atomic E-state index is 13.1. The maximum absolute atomic E-state index is 13.1.